The maximum absolute atomic E-state index is 11.5. The van der Waals surface area contributed by atoms with E-state index in [9.17, 15) is 9.59 Å². The largest absolute Gasteiger partial charge is 0.465 e. The fraction of sp³-hybridized carbons (Fsp3) is 0.652. The first-order valence-corrected chi connectivity index (χ1v) is 11.8. The van der Waals surface area contributed by atoms with E-state index in [0.717, 1.165) is 57.5 Å². The lowest BCUT2D eigenvalue weighted by Gasteiger charge is -2.22. The molecule has 1 fully saturated rings. The molecule has 0 radical (unpaired) electrons. The molecule has 162 valence electrons. The molecule has 6 heteroatoms. The zero-order chi connectivity index (χ0) is 20.7. The number of aryl methyl sites for hydroxylation is 1. The molecular weight excluding hydrogens is 388 g/mol. The Bertz CT molecular complexity index is 596. The molecule has 1 aromatic rings. The Kier molecular flexibility index (Phi) is 12.0. The summed E-state index contributed by atoms with van der Waals surface area (Å²) in [7, 11) is 0. The Labute approximate surface area is 178 Å². The smallest absolute Gasteiger partial charge is 0.313 e. The molecule has 1 heterocycles. The first kappa shape index (κ1) is 23.9. The maximum Gasteiger partial charge on any atom is 0.313 e. The van der Waals surface area contributed by atoms with Crippen molar-refractivity contribution in [3.8, 4) is 0 Å². The van der Waals surface area contributed by atoms with Crippen molar-refractivity contribution in [1.29, 1.82) is 0 Å². The summed E-state index contributed by atoms with van der Waals surface area (Å²) >= 11 is 1.75. The van der Waals surface area contributed by atoms with Crippen molar-refractivity contribution in [2.24, 2.45) is 0 Å². The van der Waals surface area contributed by atoms with Crippen LogP contribution in [-0.4, -0.2) is 43.6 Å². The van der Waals surface area contributed by atoms with E-state index >= 15 is 0 Å². The summed E-state index contributed by atoms with van der Waals surface area (Å²) < 4.78 is 16.5. The van der Waals surface area contributed by atoms with Gasteiger partial charge in [-0.2, -0.15) is 0 Å². The van der Waals surface area contributed by atoms with Gasteiger partial charge in [0.2, 0.25) is 0 Å². The number of rotatable bonds is 14. The molecule has 0 aliphatic carbocycles. The fourth-order valence-electron chi connectivity index (χ4n) is 3.10. The fourth-order valence-corrected chi connectivity index (χ4v) is 3.93. The standard InChI is InChI=1S/C23H34O5S/c1-2-7-20(24)18-22(25)26-16-6-17-29-21-12-10-19(11-13-21)8-5-15-28-23-9-3-4-14-27-23/h10-13,23H,2-9,14-18H2,1H3. The van der Waals surface area contributed by atoms with Gasteiger partial charge in [-0.05, 0) is 62.6 Å². The van der Waals surface area contributed by atoms with Crippen LogP contribution in [0.2, 0.25) is 0 Å². The Balaban J connectivity index is 1.51. The lowest BCUT2D eigenvalue weighted by molar-refractivity contribution is -0.162. The predicted octanol–water partition coefficient (Wildman–Crippen LogP) is 4.95. The van der Waals surface area contributed by atoms with Gasteiger partial charge in [-0.25, -0.2) is 0 Å². The molecular formula is C23H34O5S. The summed E-state index contributed by atoms with van der Waals surface area (Å²) in [5, 5.41) is 0. The lowest BCUT2D eigenvalue weighted by Crippen LogP contribution is -2.22. The SMILES string of the molecule is CCCC(=O)CC(=O)OCCCSc1ccc(CCCOC2CCCCO2)cc1. The van der Waals surface area contributed by atoms with E-state index < -0.39 is 5.97 Å². The van der Waals surface area contributed by atoms with Crippen molar-refractivity contribution in [2.75, 3.05) is 25.6 Å². The first-order valence-electron chi connectivity index (χ1n) is 10.8. The molecule has 29 heavy (non-hydrogen) atoms. The summed E-state index contributed by atoms with van der Waals surface area (Å²) in [5.41, 5.74) is 1.31. The molecule has 0 bridgehead atoms. The highest BCUT2D eigenvalue weighted by Gasteiger charge is 2.13. The topological polar surface area (TPSA) is 61.8 Å². The number of carbonyl (C=O) groups excluding carboxylic acids is 2. The van der Waals surface area contributed by atoms with E-state index in [0.29, 0.717) is 13.0 Å². The van der Waals surface area contributed by atoms with Gasteiger partial charge < -0.3 is 14.2 Å². The molecule has 0 spiro atoms. The number of benzene rings is 1. The normalized spacial score (nSPS) is 16.5. The molecule has 0 aromatic heterocycles. The second-order valence-electron chi connectivity index (χ2n) is 7.30. The van der Waals surface area contributed by atoms with E-state index in [1.165, 1.54) is 16.9 Å². The van der Waals surface area contributed by atoms with Crippen LogP contribution in [0, 0.1) is 0 Å². The predicted molar refractivity (Wildman–Crippen MR) is 115 cm³/mol. The van der Waals surface area contributed by atoms with Crippen molar-refractivity contribution in [2.45, 2.75) is 75.9 Å². The van der Waals surface area contributed by atoms with Crippen LogP contribution < -0.4 is 0 Å². The molecule has 1 saturated heterocycles. The summed E-state index contributed by atoms with van der Waals surface area (Å²) in [6.45, 7) is 3.86. The molecule has 0 amide bonds. The third-order valence-electron chi connectivity index (χ3n) is 4.67. The van der Waals surface area contributed by atoms with E-state index in [-0.39, 0.29) is 18.5 Å². The van der Waals surface area contributed by atoms with Crippen LogP contribution in [0.4, 0.5) is 0 Å². The number of thioether (sulfide) groups is 1. The highest BCUT2D eigenvalue weighted by molar-refractivity contribution is 7.99. The summed E-state index contributed by atoms with van der Waals surface area (Å²) in [5.74, 6) is 0.433. The number of ether oxygens (including phenoxy) is 3. The van der Waals surface area contributed by atoms with Gasteiger partial charge in [0, 0.05) is 23.7 Å². The van der Waals surface area contributed by atoms with E-state index in [4.69, 9.17) is 14.2 Å². The highest BCUT2D eigenvalue weighted by atomic mass is 32.2. The molecule has 5 nitrogen and oxygen atoms in total. The minimum Gasteiger partial charge on any atom is -0.465 e. The van der Waals surface area contributed by atoms with Gasteiger partial charge in [0.25, 0.3) is 0 Å². The van der Waals surface area contributed by atoms with Crippen LogP contribution in [0.1, 0.15) is 63.9 Å². The number of esters is 1. The molecule has 1 atom stereocenters. The Morgan fingerprint density at radius 2 is 1.97 bits per heavy atom. The monoisotopic (exact) mass is 422 g/mol. The van der Waals surface area contributed by atoms with Gasteiger partial charge in [-0.15, -0.1) is 11.8 Å². The van der Waals surface area contributed by atoms with Crippen LogP contribution in [0.3, 0.4) is 0 Å². The van der Waals surface area contributed by atoms with E-state index in [1.54, 1.807) is 11.8 Å². The molecule has 1 aliphatic rings. The van der Waals surface area contributed by atoms with Crippen LogP contribution in [-0.2, 0) is 30.2 Å². The number of ketones is 1. The molecule has 2 rings (SSSR count). The second-order valence-corrected chi connectivity index (χ2v) is 8.47. The Hall–Kier alpha value is -1.37. The van der Waals surface area contributed by atoms with E-state index in [1.807, 2.05) is 6.92 Å². The number of hydrogen-bond donors (Lipinski definition) is 0. The van der Waals surface area contributed by atoms with Crippen LogP contribution >= 0.6 is 11.8 Å². The molecule has 1 aliphatic heterocycles. The summed E-state index contributed by atoms with van der Waals surface area (Å²) in [4.78, 5) is 24.1. The number of hydrogen-bond acceptors (Lipinski definition) is 6. The summed E-state index contributed by atoms with van der Waals surface area (Å²) in [6.07, 6.45) is 7.26. The van der Waals surface area contributed by atoms with E-state index in [2.05, 4.69) is 24.3 Å². The van der Waals surface area contributed by atoms with Gasteiger partial charge in [0.05, 0.1) is 13.2 Å². The molecule has 1 unspecified atom stereocenters. The van der Waals surface area contributed by atoms with Gasteiger partial charge in [-0.3, -0.25) is 9.59 Å². The van der Waals surface area contributed by atoms with Gasteiger partial charge >= 0.3 is 5.97 Å². The van der Waals surface area contributed by atoms with Gasteiger partial charge in [-0.1, -0.05) is 19.1 Å². The quantitative estimate of drug-likeness (QED) is 0.183. The van der Waals surface area contributed by atoms with Gasteiger partial charge in [0.15, 0.2) is 6.29 Å². The minimum atomic E-state index is -0.406. The van der Waals surface area contributed by atoms with Crippen LogP contribution in [0.15, 0.2) is 29.2 Å². The van der Waals surface area contributed by atoms with Crippen molar-refractivity contribution in [1.82, 2.24) is 0 Å². The maximum atomic E-state index is 11.5. The van der Waals surface area contributed by atoms with Crippen LogP contribution in [0.25, 0.3) is 0 Å². The number of carbonyl (C=O) groups is 2. The minimum absolute atomic E-state index is 0.00127. The third-order valence-corrected chi connectivity index (χ3v) is 5.76. The van der Waals surface area contributed by atoms with Crippen molar-refractivity contribution in [3.05, 3.63) is 29.8 Å². The van der Waals surface area contributed by atoms with Crippen molar-refractivity contribution in [3.63, 3.8) is 0 Å². The number of Topliss-reactive ketones (excluding diaryl/α,β-unsaturated/α-hetero) is 1. The van der Waals surface area contributed by atoms with Crippen LogP contribution in [0.5, 0.6) is 0 Å². The highest BCUT2D eigenvalue weighted by Crippen LogP contribution is 2.20. The molecule has 0 saturated carbocycles. The van der Waals surface area contributed by atoms with Gasteiger partial charge in [0.1, 0.15) is 12.2 Å². The average Bonchev–Trinajstić information content (AvgIpc) is 2.73. The average molecular weight is 423 g/mol. The zero-order valence-electron chi connectivity index (χ0n) is 17.5. The molecule has 0 N–H and O–H groups in total. The summed E-state index contributed by atoms with van der Waals surface area (Å²) in [6, 6.07) is 8.61. The molecule has 1 aromatic carbocycles. The zero-order valence-corrected chi connectivity index (χ0v) is 18.3. The van der Waals surface area contributed by atoms with Crippen molar-refractivity contribution >= 4 is 23.5 Å². The first-order chi connectivity index (χ1) is 14.2. The third kappa shape index (κ3) is 10.8. The second kappa shape index (κ2) is 14.6. The van der Waals surface area contributed by atoms with Crippen molar-refractivity contribution < 1.29 is 23.8 Å². The Morgan fingerprint density at radius 3 is 2.69 bits per heavy atom. The lowest BCUT2D eigenvalue weighted by atomic mass is 10.1. The Morgan fingerprint density at radius 1 is 1.14 bits per heavy atom.